The Morgan fingerprint density at radius 3 is 2.51 bits per heavy atom. The third-order valence-electron chi connectivity index (χ3n) is 9.06. The van der Waals surface area contributed by atoms with E-state index in [2.05, 4.69) is 35.3 Å². The summed E-state index contributed by atoms with van der Waals surface area (Å²) in [6.45, 7) is 5.78. The van der Waals surface area contributed by atoms with E-state index in [9.17, 15) is 0 Å². The average molecular weight is 483 g/mol. The Hall–Kier alpha value is -2.18. The molecule has 6 heteroatoms. The van der Waals surface area contributed by atoms with Gasteiger partial charge in [0.25, 0.3) is 0 Å². The van der Waals surface area contributed by atoms with Crippen molar-refractivity contribution in [1.82, 2.24) is 10.2 Å². The molecule has 2 saturated heterocycles. The quantitative estimate of drug-likeness (QED) is 0.600. The van der Waals surface area contributed by atoms with Gasteiger partial charge < -0.3 is 24.3 Å². The molecule has 2 fully saturated rings. The van der Waals surface area contributed by atoms with E-state index in [0.717, 1.165) is 48.3 Å². The number of hydrogen-bond donors (Lipinski definition) is 1. The summed E-state index contributed by atoms with van der Waals surface area (Å²) >= 11 is 0. The van der Waals surface area contributed by atoms with Crippen LogP contribution in [-0.4, -0.2) is 59.0 Å². The molecule has 0 bridgehead atoms. The summed E-state index contributed by atoms with van der Waals surface area (Å²) in [7, 11) is 6.98. The van der Waals surface area contributed by atoms with Crippen molar-refractivity contribution in [3.05, 3.63) is 46.4 Å². The lowest BCUT2D eigenvalue weighted by Gasteiger charge is -2.51. The van der Waals surface area contributed by atoms with Gasteiger partial charge in [0.2, 0.25) is 0 Å². The Bertz CT molecular complexity index is 987. The van der Waals surface area contributed by atoms with Crippen LogP contribution in [0, 0.1) is 17.8 Å². The molecule has 1 aromatic rings. The number of nitrogens with one attached hydrogen (secondary N) is 1. The van der Waals surface area contributed by atoms with Gasteiger partial charge in [-0.25, -0.2) is 0 Å². The highest BCUT2D eigenvalue weighted by molar-refractivity contribution is 5.49. The fourth-order valence-electron chi connectivity index (χ4n) is 7.14. The maximum absolute atomic E-state index is 5.72. The van der Waals surface area contributed by atoms with Crippen LogP contribution in [-0.2, 0) is 15.9 Å². The minimum absolute atomic E-state index is 0.360. The van der Waals surface area contributed by atoms with Crippen LogP contribution in [0.25, 0.3) is 0 Å². The Morgan fingerprint density at radius 2 is 1.80 bits per heavy atom. The first-order valence-electron chi connectivity index (χ1n) is 13.3. The first-order valence-corrected chi connectivity index (χ1v) is 13.3. The molecule has 5 rings (SSSR count). The van der Waals surface area contributed by atoms with Crippen LogP contribution in [0.1, 0.15) is 56.2 Å². The number of nitrogens with zero attached hydrogens (tertiary/aromatic N) is 1. The van der Waals surface area contributed by atoms with Crippen molar-refractivity contribution >= 4 is 0 Å². The molecule has 0 aromatic heterocycles. The van der Waals surface area contributed by atoms with E-state index in [1.54, 1.807) is 34.0 Å². The van der Waals surface area contributed by atoms with Crippen molar-refractivity contribution in [3.63, 3.8) is 0 Å². The second-order valence-electron chi connectivity index (χ2n) is 10.6. The molecule has 1 N–H and O–H groups in total. The lowest BCUT2D eigenvalue weighted by atomic mass is 9.69. The molecule has 6 nitrogen and oxygen atoms in total. The van der Waals surface area contributed by atoms with E-state index in [1.807, 2.05) is 0 Å². The highest BCUT2D eigenvalue weighted by Gasteiger charge is 2.43. The number of benzene rings is 1. The van der Waals surface area contributed by atoms with Gasteiger partial charge in [0.05, 0.1) is 28.4 Å². The van der Waals surface area contributed by atoms with Gasteiger partial charge in [-0.3, -0.25) is 4.90 Å². The molecule has 192 valence electrons. The number of allylic oxidation sites excluding steroid dienone is 2. The van der Waals surface area contributed by atoms with E-state index in [4.69, 9.17) is 18.9 Å². The van der Waals surface area contributed by atoms with Crippen molar-refractivity contribution in [3.8, 4) is 11.5 Å². The van der Waals surface area contributed by atoms with Crippen LogP contribution in [0.2, 0.25) is 0 Å². The van der Waals surface area contributed by atoms with Crippen LogP contribution >= 0.6 is 0 Å². The summed E-state index contributed by atoms with van der Waals surface area (Å²) < 4.78 is 22.6. The van der Waals surface area contributed by atoms with Crippen LogP contribution in [0.4, 0.5) is 0 Å². The third kappa shape index (κ3) is 4.55. The summed E-state index contributed by atoms with van der Waals surface area (Å²) in [6.07, 6.45) is 9.15. The molecule has 1 aromatic carbocycles. The second-order valence-corrected chi connectivity index (χ2v) is 10.6. The van der Waals surface area contributed by atoms with Crippen LogP contribution in [0.15, 0.2) is 35.3 Å². The molecule has 3 heterocycles. The molecule has 0 spiro atoms. The Balaban J connectivity index is 1.41. The molecular formula is C29H42N2O4. The van der Waals surface area contributed by atoms with Crippen LogP contribution in [0.3, 0.4) is 0 Å². The van der Waals surface area contributed by atoms with Gasteiger partial charge in [0.15, 0.2) is 17.3 Å². The van der Waals surface area contributed by atoms with Gasteiger partial charge in [0, 0.05) is 25.0 Å². The van der Waals surface area contributed by atoms with Gasteiger partial charge in [-0.15, -0.1) is 0 Å². The van der Waals surface area contributed by atoms with Crippen LogP contribution < -0.4 is 14.8 Å². The van der Waals surface area contributed by atoms with E-state index in [1.165, 1.54) is 49.9 Å². The van der Waals surface area contributed by atoms with Crippen LogP contribution in [0.5, 0.6) is 11.5 Å². The Labute approximate surface area is 210 Å². The maximum Gasteiger partial charge on any atom is 0.161 e. The number of hydrogen-bond acceptors (Lipinski definition) is 6. The zero-order valence-corrected chi connectivity index (χ0v) is 22.1. The normalized spacial score (nSPS) is 30.5. The van der Waals surface area contributed by atoms with E-state index in [-0.39, 0.29) is 0 Å². The third-order valence-corrected chi connectivity index (χ3v) is 9.06. The molecule has 1 unspecified atom stereocenters. The number of piperidine rings is 2. The lowest BCUT2D eigenvalue weighted by molar-refractivity contribution is 0.0384. The highest BCUT2D eigenvalue weighted by Crippen LogP contribution is 2.47. The molecule has 1 aliphatic carbocycles. The molecule has 0 radical (unpaired) electrons. The lowest BCUT2D eigenvalue weighted by Crippen LogP contribution is -2.53. The zero-order chi connectivity index (χ0) is 24.5. The summed E-state index contributed by atoms with van der Waals surface area (Å²) in [4.78, 5) is 2.76. The number of ether oxygens (including phenoxy) is 4. The van der Waals surface area contributed by atoms with Gasteiger partial charge in [0.1, 0.15) is 5.76 Å². The van der Waals surface area contributed by atoms with Crippen molar-refractivity contribution in [2.45, 2.75) is 57.5 Å². The first kappa shape index (κ1) is 24.5. The fourth-order valence-corrected chi connectivity index (χ4v) is 7.14. The van der Waals surface area contributed by atoms with E-state index >= 15 is 0 Å². The minimum Gasteiger partial charge on any atom is -0.497 e. The second kappa shape index (κ2) is 10.4. The van der Waals surface area contributed by atoms with Gasteiger partial charge >= 0.3 is 0 Å². The minimum atomic E-state index is 0.360. The molecule has 3 aliphatic heterocycles. The zero-order valence-electron chi connectivity index (χ0n) is 22.1. The highest BCUT2D eigenvalue weighted by atomic mass is 16.5. The predicted octanol–water partition coefficient (Wildman–Crippen LogP) is 4.85. The van der Waals surface area contributed by atoms with E-state index < -0.39 is 0 Å². The van der Waals surface area contributed by atoms with Gasteiger partial charge in [-0.2, -0.15) is 0 Å². The first-order chi connectivity index (χ1) is 17.1. The predicted molar refractivity (Wildman–Crippen MR) is 138 cm³/mol. The maximum atomic E-state index is 5.72. The summed E-state index contributed by atoms with van der Waals surface area (Å²) in [5.41, 5.74) is 4.35. The Morgan fingerprint density at radius 1 is 1.00 bits per heavy atom. The fraction of sp³-hybridized carbons (Fsp3) is 0.655. The standard InChI is InChI=1S/C29H42N2O4/c1-6-18-17-31-10-8-20-14-27(33-3)29(35-5)16-23(20)25(31)12-21(18)11-24-22-15-28(34-4)26(32-2)13-19(22)7-9-30-24/h13,15-16,18,20-21,24-25,30H,6-12,14,17H2,1-5H3/t18-,20?,21-,24+,25-/m0/s1. The number of fused-ring (bicyclic) bond motifs is 4. The largest absolute Gasteiger partial charge is 0.497 e. The summed E-state index contributed by atoms with van der Waals surface area (Å²) in [5, 5.41) is 3.85. The van der Waals surface area contributed by atoms with Gasteiger partial charge in [-0.05, 0) is 91.4 Å². The molecule has 5 atom stereocenters. The smallest absolute Gasteiger partial charge is 0.161 e. The van der Waals surface area contributed by atoms with Crippen molar-refractivity contribution < 1.29 is 18.9 Å². The number of rotatable bonds is 7. The average Bonchev–Trinajstić information content (AvgIpc) is 2.91. The Kier molecular flexibility index (Phi) is 7.31. The SMILES string of the molecule is CC[C@H]1CN2CCC3CC(OC)=C(OC)C=C3[C@@H]2C[C@@H]1C[C@H]1NCCc2cc(OC)c(OC)cc21. The molecule has 4 aliphatic rings. The van der Waals surface area contributed by atoms with Crippen molar-refractivity contribution in [2.24, 2.45) is 17.8 Å². The molecule has 0 saturated carbocycles. The van der Waals surface area contributed by atoms with Crippen molar-refractivity contribution in [1.29, 1.82) is 0 Å². The molecule has 35 heavy (non-hydrogen) atoms. The summed E-state index contributed by atoms with van der Waals surface area (Å²) in [6, 6.07) is 5.27. The van der Waals surface area contributed by atoms with Crippen molar-refractivity contribution in [2.75, 3.05) is 48.1 Å². The molecule has 0 amide bonds. The topological polar surface area (TPSA) is 52.2 Å². The van der Waals surface area contributed by atoms with Gasteiger partial charge in [-0.1, -0.05) is 13.3 Å². The molecular weight excluding hydrogens is 440 g/mol. The summed E-state index contributed by atoms with van der Waals surface area (Å²) in [5.74, 6) is 5.56. The number of methoxy groups -OCH3 is 4. The monoisotopic (exact) mass is 482 g/mol. The van der Waals surface area contributed by atoms with E-state index in [0.29, 0.717) is 23.9 Å².